The molecule has 0 aliphatic heterocycles. The van der Waals surface area contributed by atoms with E-state index in [1.165, 1.54) is 5.56 Å². The molecule has 0 bridgehead atoms. The Kier molecular flexibility index (Phi) is 4.66. The number of para-hydroxylation sites is 1. The highest BCUT2D eigenvalue weighted by atomic mass is 16.5. The number of fused-ring (bicyclic) bond motifs is 1. The summed E-state index contributed by atoms with van der Waals surface area (Å²) in [6.07, 6.45) is 4.55. The lowest BCUT2D eigenvalue weighted by Crippen LogP contribution is -2.18. The van der Waals surface area contributed by atoms with Gasteiger partial charge in [0.15, 0.2) is 0 Å². The van der Waals surface area contributed by atoms with Gasteiger partial charge in [0.2, 0.25) is 0 Å². The normalized spacial score (nSPS) is 11.2. The summed E-state index contributed by atoms with van der Waals surface area (Å²) in [4.78, 5) is 10.6. The molecule has 1 aromatic heterocycles. The largest absolute Gasteiger partial charge is 0.545 e. The number of carboxylic acid groups (broad SMARTS) is 1. The van der Waals surface area contributed by atoms with Gasteiger partial charge >= 0.3 is 0 Å². The van der Waals surface area contributed by atoms with Crippen molar-refractivity contribution in [3.63, 3.8) is 0 Å². The molecule has 0 saturated heterocycles. The second-order valence-electron chi connectivity index (χ2n) is 5.61. The number of nitrogens with zero attached hydrogens (tertiary/aromatic N) is 1. The summed E-state index contributed by atoms with van der Waals surface area (Å²) < 4.78 is 7.85. The molecule has 0 aliphatic rings. The SMILES string of the molecule is Cc1ccc(OCCn2cc(C=CC(=O)[O-])c3ccccc32)cc1. The van der Waals surface area contributed by atoms with E-state index >= 15 is 0 Å². The van der Waals surface area contributed by atoms with Crippen LogP contribution in [0.15, 0.2) is 60.8 Å². The molecule has 0 N–H and O–H groups in total. The van der Waals surface area contributed by atoms with Gasteiger partial charge in [-0.25, -0.2) is 0 Å². The van der Waals surface area contributed by atoms with Crippen LogP contribution in [0.2, 0.25) is 0 Å². The van der Waals surface area contributed by atoms with E-state index in [-0.39, 0.29) is 0 Å². The van der Waals surface area contributed by atoms with Gasteiger partial charge in [0.05, 0.1) is 12.5 Å². The van der Waals surface area contributed by atoms with E-state index in [0.29, 0.717) is 13.2 Å². The summed E-state index contributed by atoms with van der Waals surface area (Å²) in [6.45, 7) is 3.25. The predicted molar refractivity (Wildman–Crippen MR) is 92.7 cm³/mol. The van der Waals surface area contributed by atoms with Crippen molar-refractivity contribution < 1.29 is 14.6 Å². The Balaban J connectivity index is 1.76. The number of benzene rings is 2. The van der Waals surface area contributed by atoms with Crippen molar-refractivity contribution in [3.8, 4) is 5.75 Å². The van der Waals surface area contributed by atoms with Crippen LogP contribution in [-0.2, 0) is 11.3 Å². The Hall–Kier alpha value is -3.01. The minimum absolute atomic E-state index is 0.533. The first-order valence-corrected chi connectivity index (χ1v) is 7.80. The Morgan fingerprint density at radius 2 is 1.92 bits per heavy atom. The lowest BCUT2D eigenvalue weighted by molar-refractivity contribution is -0.297. The quantitative estimate of drug-likeness (QED) is 0.656. The molecule has 0 spiro atoms. The number of hydrogen-bond acceptors (Lipinski definition) is 3. The standard InChI is InChI=1S/C20H19NO3/c1-15-6-9-17(10-7-15)24-13-12-21-14-16(8-11-20(22)23)18-4-2-3-5-19(18)21/h2-11,14H,12-13H2,1H3,(H,22,23)/p-1. The van der Waals surface area contributed by atoms with Crippen LogP contribution in [0, 0.1) is 6.92 Å². The molecule has 0 radical (unpaired) electrons. The smallest absolute Gasteiger partial charge is 0.119 e. The van der Waals surface area contributed by atoms with E-state index in [1.54, 1.807) is 6.08 Å². The average molecular weight is 320 g/mol. The lowest BCUT2D eigenvalue weighted by atomic mass is 10.1. The Bertz CT molecular complexity index is 876. The summed E-state index contributed by atoms with van der Waals surface area (Å²) in [5.41, 5.74) is 3.09. The number of carbonyl (C=O) groups is 1. The number of rotatable bonds is 6. The molecule has 4 nitrogen and oxygen atoms in total. The average Bonchev–Trinajstić information content (AvgIpc) is 2.93. The van der Waals surface area contributed by atoms with Gasteiger partial charge in [-0.15, -0.1) is 0 Å². The zero-order chi connectivity index (χ0) is 16.9. The molecule has 1 heterocycles. The van der Waals surface area contributed by atoms with Gasteiger partial charge in [-0.05, 0) is 31.2 Å². The fraction of sp³-hybridized carbons (Fsp3) is 0.150. The number of aryl methyl sites for hydroxylation is 1. The van der Waals surface area contributed by atoms with Crippen molar-refractivity contribution in [2.24, 2.45) is 0 Å². The monoisotopic (exact) mass is 320 g/mol. The number of carbonyl (C=O) groups excluding carboxylic acids is 1. The van der Waals surface area contributed by atoms with Crippen LogP contribution >= 0.6 is 0 Å². The van der Waals surface area contributed by atoms with E-state index in [4.69, 9.17) is 4.74 Å². The van der Waals surface area contributed by atoms with E-state index < -0.39 is 5.97 Å². The molecule has 0 unspecified atom stereocenters. The predicted octanol–water partition coefficient (Wildman–Crippen LogP) is 2.79. The second kappa shape index (κ2) is 7.04. The van der Waals surface area contributed by atoms with E-state index in [9.17, 15) is 9.90 Å². The Morgan fingerprint density at radius 1 is 1.17 bits per heavy atom. The summed E-state index contributed by atoms with van der Waals surface area (Å²) in [7, 11) is 0. The second-order valence-corrected chi connectivity index (χ2v) is 5.61. The van der Waals surface area contributed by atoms with E-state index in [1.807, 2.05) is 61.7 Å². The molecule has 2 aromatic carbocycles. The third kappa shape index (κ3) is 3.66. The first-order valence-electron chi connectivity index (χ1n) is 7.80. The van der Waals surface area contributed by atoms with Gasteiger partial charge in [-0.1, -0.05) is 42.0 Å². The van der Waals surface area contributed by atoms with E-state index in [0.717, 1.165) is 28.3 Å². The molecule has 3 rings (SSSR count). The van der Waals surface area contributed by atoms with Gasteiger partial charge in [0, 0.05) is 22.7 Å². The lowest BCUT2D eigenvalue weighted by Gasteiger charge is -2.08. The molecule has 0 saturated carbocycles. The highest BCUT2D eigenvalue weighted by Crippen LogP contribution is 2.22. The molecular formula is C20H18NO3-. The zero-order valence-corrected chi connectivity index (χ0v) is 13.4. The van der Waals surface area contributed by atoms with Gasteiger partial charge in [-0.3, -0.25) is 0 Å². The summed E-state index contributed by atoms with van der Waals surface area (Å²) in [5, 5.41) is 11.6. The highest BCUT2D eigenvalue weighted by molar-refractivity contribution is 5.93. The number of aromatic nitrogens is 1. The Labute approximate surface area is 140 Å². The van der Waals surface area contributed by atoms with Crippen molar-refractivity contribution in [2.75, 3.05) is 6.61 Å². The molecule has 0 aliphatic carbocycles. The minimum Gasteiger partial charge on any atom is -0.545 e. The van der Waals surface area contributed by atoms with E-state index in [2.05, 4.69) is 4.57 Å². The molecule has 3 aromatic rings. The topological polar surface area (TPSA) is 54.3 Å². The summed E-state index contributed by atoms with van der Waals surface area (Å²) >= 11 is 0. The minimum atomic E-state index is -1.20. The molecule has 4 heteroatoms. The molecule has 0 amide bonds. The molecule has 0 atom stereocenters. The number of hydrogen-bond donors (Lipinski definition) is 0. The number of ether oxygens (including phenoxy) is 1. The van der Waals surface area contributed by atoms with Crippen molar-refractivity contribution in [3.05, 3.63) is 71.9 Å². The first kappa shape index (κ1) is 15.9. The van der Waals surface area contributed by atoms with Crippen molar-refractivity contribution in [2.45, 2.75) is 13.5 Å². The summed E-state index contributed by atoms with van der Waals surface area (Å²) in [5.74, 6) is -0.358. The fourth-order valence-electron chi connectivity index (χ4n) is 2.65. The van der Waals surface area contributed by atoms with Crippen LogP contribution in [0.25, 0.3) is 17.0 Å². The van der Waals surface area contributed by atoms with Crippen LogP contribution in [-0.4, -0.2) is 17.1 Å². The maximum Gasteiger partial charge on any atom is 0.119 e. The van der Waals surface area contributed by atoms with Crippen molar-refractivity contribution in [1.82, 2.24) is 4.57 Å². The highest BCUT2D eigenvalue weighted by Gasteiger charge is 2.06. The zero-order valence-electron chi connectivity index (χ0n) is 13.4. The number of carboxylic acids is 1. The van der Waals surface area contributed by atoms with Crippen LogP contribution in [0.4, 0.5) is 0 Å². The van der Waals surface area contributed by atoms with Gasteiger partial charge in [0.1, 0.15) is 12.4 Å². The van der Waals surface area contributed by atoms with Crippen LogP contribution in [0.5, 0.6) is 5.75 Å². The van der Waals surface area contributed by atoms with Crippen LogP contribution < -0.4 is 9.84 Å². The van der Waals surface area contributed by atoms with Crippen molar-refractivity contribution >= 4 is 22.9 Å². The van der Waals surface area contributed by atoms with Gasteiger partial charge < -0.3 is 19.2 Å². The fourth-order valence-corrected chi connectivity index (χ4v) is 2.65. The maximum absolute atomic E-state index is 10.6. The summed E-state index contributed by atoms with van der Waals surface area (Å²) in [6, 6.07) is 15.8. The van der Waals surface area contributed by atoms with Crippen LogP contribution in [0.3, 0.4) is 0 Å². The maximum atomic E-state index is 10.6. The number of aliphatic carboxylic acids is 1. The third-order valence-corrected chi connectivity index (χ3v) is 3.84. The molecule has 0 fully saturated rings. The van der Waals surface area contributed by atoms with Crippen molar-refractivity contribution in [1.29, 1.82) is 0 Å². The van der Waals surface area contributed by atoms with Gasteiger partial charge in [-0.2, -0.15) is 0 Å². The third-order valence-electron chi connectivity index (χ3n) is 3.84. The molecule has 122 valence electrons. The Morgan fingerprint density at radius 3 is 2.67 bits per heavy atom. The molecular weight excluding hydrogens is 302 g/mol. The van der Waals surface area contributed by atoms with Gasteiger partial charge in [0.25, 0.3) is 0 Å². The molecule has 24 heavy (non-hydrogen) atoms. The first-order chi connectivity index (χ1) is 11.6. The van der Waals surface area contributed by atoms with Crippen LogP contribution in [0.1, 0.15) is 11.1 Å².